The Morgan fingerprint density at radius 1 is 1.14 bits per heavy atom. The first-order chi connectivity index (χ1) is 23.4. The summed E-state index contributed by atoms with van der Waals surface area (Å²) in [6, 6.07) is 0.887. The van der Waals surface area contributed by atoms with Crippen molar-refractivity contribution >= 4 is 22.5 Å². The zero-order chi connectivity index (χ0) is 34.3. The number of nitrogens with one attached hydrogen (secondary N) is 1. The summed E-state index contributed by atoms with van der Waals surface area (Å²) in [7, 11) is 0. The molecule has 0 aromatic carbocycles. The average Bonchev–Trinajstić information content (AvgIpc) is 3.51. The third-order valence-corrected chi connectivity index (χ3v) is 11.3. The number of ether oxygens (including phenoxy) is 3. The van der Waals surface area contributed by atoms with Crippen molar-refractivity contribution in [3.63, 3.8) is 0 Å². The van der Waals surface area contributed by atoms with Crippen molar-refractivity contribution in [3.8, 4) is 23.1 Å². The van der Waals surface area contributed by atoms with Crippen LogP contribution in [0.2, 0.25) is 0 Å². The number of hydrogen-bond acceptors (Lipinski definition) is 11. The molecule has 0 bridgehead atoms. The first-order valence-corrected chi connectivity index (χ1v) is 17.3. The highest BCUT2D eigenvalue weighted by molar-refractivity contribution is 5.97. The molecule has 1 aliphatic carbocycles. The standard InChI is InChI=1S/C34H42F4N8O3/c1-4-20-14-46-22(13-40-20)19(3)49-30-24-28(26(35)27(42-30)21-12-23(39)41-18(2)25(21)34(36,37)38)43-31(44-29(24)46)48-16-32(7-8-32)15-45-10-5-6-33(45)9-11-47-17-33/h12,19-20,22,40H,4-11,13-17H2,1-3H3,(H2,39,41)/t19-,20+,22-,33?/m0/s1. The number of nitrogen functional groups attached to an aromatic ring is 1. The number of aromatic nitrogens is 4. The number of rotatable bonds is 7. The lowest BCUT2D eigenvalue weighted by atomic mass is 9.94. The lowest BCUT2D eigenvalue weighted by Gasteiger charge is -2.42. The Labute approximate surface area is 281 Å². The lowest BCUT2D eigenvalue weighted by molar-refractivity contribution is -0.137. The number of nitrogens with two attached hydrogens (primary N) is 1. The summed E-state index contributed by atoms with van der Waals surface area (Å²) < 4.78 is 78.6. The molecule has 4 fully saturated rings. The molecule has 3 N–H and O–H groups in total. The highest BCUT2D eigenvalue weighted by atomic mass is 19.4. The van der Waals surface area contributed by atoms with E-state index in [1.54, 1.807) is 0 Å². The Balaban J connectivity index is 1.23. The summed E-state index contributed by atoms with van der Waals surface area (Å²) in [6.07, 6.45) is 0.800. The SMILES string of the molecule is CC[C@@H]1CN2c3nc(OCC4(CN5CCCC56CCOC6)CC4)nc4c(F)c(-c5cc(N)nc(C)c5C(F)(F)F)nc(c34)O[C@@H](C)[C@@H]2CN1. The molecule has 1 unspecified atom stereocenters. The molecular formula is C34H42F4N8O3. The van der Waals surface area contributed by atoms with Crippen molar-refractivity contribution in [2.24, 2.45) is 5.41 Å². The molecule has 4 atom stereocenters. The number of alkyl halides is 3. The van der Waals surface area contributed by atoms with Crippen LogP contribution in [-0.2, 0) is 10.9 Å². The van der Waals surface area contributed by atoms with E-state index >= 15 is 4.39 Å². The Kier molecular flexibility index (Phi) is 7.83. The van der Waals surface area contributed by atoms with Gasteiger partial charge in [0.15, 0.2) is 5.82 Å². The maximum absolute atomic E-state index is 16.9. The summed E-state index contributed by atoms with van der Waals surface area (Å²) in [5, 5.41) is 3.74. The lowest BCUT2D eigenvalue weighted by Crippen LogP contribution is -2.60. The molecule has 8 rings (SSSR count). The van der Waals surface area contributed by atoms with E-state index in [9.17, 15) is 13.2 Å². The van der Waals surface area contributed by atoms with Crippen LogP contribution >= 0.6 is 0 Å². The number of anilines is 2. The van der Waals surface area contributed by atoms with Crippen LogP contribution in [0.4, 0.5) is 29.2 Å². The minimum atomic E-state index is -4.85. The molecule has 4 aliphatic heterocycles. The van der Waals surface area contributed by atoms with Gasteiger partial charge in [0.05, 0.1) is 30.5 Å². The molecule has 0 radical (unpaired) electrons. The van der Waals surface area contributed by atoms with Crippen LogP contribution in [0.5, 0.6) is 11.9 Å². The predicted molar refractivity (Wildman–Crippen MR) is 174 cm³/mol. The van der Waals surface area contributed by atoms with Gasteiger partial charge in [-0.2, -0.15) is 23.1 Å². The van der Waals surface area contributed by atoms with E-state index in [0.29, 0.717) is 25.5 Å². The molecule has 49 heavy (non-hydrogen) atoms. The molecule has 1 saturated carbocycles. The second-order valence-electron chi connectivity index (χ2n) is 14.6. The van der Waals surface area contributed by atoms with Gasteiger partial charge >= 0.3 is 12.2 Å². The Morgan fingerprint density at radius 2 is 1.96 bits per heavy atom. The van der Waals surface area contributed by atoms with E-state index in [4.69, 9.17) is 24.9 Å². The first-order valence-electron chi connectivity index (χ1n) is 17.3. The fourth-order valence-electron chi connectivity index (χ4n) is 8.34. The van der Waals surface area contributed by atoms with Gasteiger partial charge in [0.2, 0.25) is 5.88 Å². The molecule has 3 aromatic rings. The van der Waals surface area contributed by atoms with E-state index in [-0.39, 0.29) is 57.3 Å². The zero-order valence-corrected chi connectivity index (χ0v) is 28.0. The molecule has 1 spiro atoms. The summed E-state index contributed by atoms with van der Waals surface area (Å²) >= 11 is 0. The molecule has 3 saturated heterocycles. The second-order valence-corrected chi connectivity index (χ2v) is 14.6. The normalized spacial score (nSPS) is 27.7. The fraction of sp³-hybridized carbons (Fsp3) is 0.647. The number of halogens is 4. The van der Waals surface area contributed by atoms with Crippen LogP contribution in [0.3, 0.4) is 0 Å². The molecule has 15 heteroatoms. The van der Waals surface area contributed by atoms with Crippen LogP contribution in [0.1, 0.15) is 63.6 Å². The van der Waals surface area contributed by atoms with Crippen LogP contribution < -0.4 is 25.4 Å². The molecule has 0 amide bonds. The smallest absolute Gasteiger partial charge is 0.418 e. The van der Waals surface area contributed by atoms with E-state index in [0.717, 1.165) is 70.9 Å². The molecular weight excluding hydrogens is 644 g/mol. The van der Waals surface area contributed by atoms with Crippen molar-refractivity contribution in [3.05, 3.63) is 23.1 Å². The Bertz CT molecular complexity index is 1780. The summed E-state index contributed by atoms with van der Waals surface area (Å²) in [4.78, 5) is 22.3. The number of nitrogens with zero attached hydrogens (tertiary/aromatic N) is 6. The number of fused-ring (bicyclic) bond motifs is 2. The molecule has 5 aliphatic rings. The second kappa shape index (κ2) is 11.8. The number of likely N-dealkylation sites (tertiary alicyclic amines) is 1. The Hall–Kier alpha value is -3.56. The van der Waals surface area contributed by atoms with Crippen LogP contribution in [0.15, 0.2) is 6.07 Å². The average molecular weight is 687 g/mol. The maximum atomic E-state index is 16.9. The number of piperazine rings is 1. The van der Waals surface area contributed by atoms with Gasteiger partial charge in [-0.15, -0.1) is 0 Å². The van der Waals surface area contributed by atoms with Gasteiger partial charge in [-0.25, -0.2) is 14.4 Å². The first kappa shape index (κ1) is 32.6. The number of hydrogen-bond donors (Lipinski definition) is 2. The number of aryl methyl sites for hydroxylation is 1. The summed E-state index contributed by atoms with van der Waals surface area (Å²) in [5.74, 6) is -0.876. The molecule has 264 valence electrons. The molecule has 3 aromatic heterocycles. The van der Waals surface area contributed by atoms with Gasteiger partial charge in [0, 0.05) is 48.8 Å². The fourth-order valence-corrected chi connectivity index (χ4v) is 8.34. The van der Waals surface area contributed by atoms with Crippen LogP contribution in [0, 0.1) is 18.2 Å². The van der Waals surface area contributed by atoms with E-state index in [2.05, 4.69) is 37.0 Å². The van der Waals surface area contributed by atoms with Gasteiger partial charge in [-0.1, -0.05) is 6.92 Å². The van der Waals surface area contributed by atoms with E-state index < -0.39 is 34.9 Å². The van der Waals surface area contributed by atoms with Crippen molar-refractivity contribution in [1.29, 1.82) is 0 Å². The summed E-state index contributed by atoms with van der Waals surface area (Å²) in [6.45, 7) is 10.0. The third kappa shape index (κ3) is 5.61. The monoisotopic (exact) mass is 686 g/mol. The van der Waals surface area contributed by atoms with Crippen LogP contribution in [-0.4, -0.2) is 94.6 Å². The summed E-state index contributed by atoms with van der Waals surface area (Å²) in [5.41, 5.74) is 3.08. The van der Waals surface area contributed by atoms with Crippen molar-refractivity contribution < 1.29 is 31.8 Å². The van der Waals surface area contributed by atoms with Gasteiger partial charge in [-0.05, 0) is 65.0 Å². The number of pyridine rings is 2. The zero-order valence-electron chi connectivity index (χ0n) is 28.0. The molecule has 7 heterocycles. The largest absolute Gasteiger partial charge is 0.472 e. The minimum absolute atomic E-state index is 0.0301. The van der Waals surface area contributed by atoms with Crippen molar-refractivity contribution in [2.45, 2.75) is 89.2 Å². The van der Waals surface area contributed by atoms with Gasteiger partial charge in [0.1, 0.15) is 34.3 Å². The highest BCUT2D eigenvalue weighted by Gasteiger charge is 2.52. The van der Waals surface area contributed by atoms with Crippen molar-refractivity contribution in [2.75, 3.05) is 56.6 Å². The van der Waals surface area contributed by atoms with Crippen LogP contribution in [0.25, 0.3) is 22.2 Å². The third-order valence-electron chi connectivity index (χ3n) is 11.3. The predicted octanol–water partition coefficient (Wildman–Crippen LogP) is 4.89. The quantitative estimate of drug-likeness (QED) is 0.331. The molecule has 11 nitrogen and oxygen atoms in total. The highest BCUT2D eigenvalue weighted by Crippen LogP contribution is 2.50. The van der Waals surface area contributed by atoms with Gasteiger partial charge < -0.3 is 30.2 Å². The van der Waals surface area contributed by atoms with Gasteiger partial charge in [0.25, 0.3) is 0 Å². The van der Waals surface area contributed by atoms with E-state index in [1.807, 2.05) is 6.92 Å². The topological polar surface area (TPSA) is 124 Å². The maximum Gasteiger partial charge on any atom is 0.418 e. The van der Waals surface area contributed by atoms with Gasteiger partial charge in [-0.3, -0.25) is 4.90 Å². The van der Waals surface area contributed by atoms with Crippen molar-refractivity contribution in [1.82, 2.24) is 30.2 Å². The Morgan fingerprint density at radius 3 is 2.67 bits per heavy atom. The minimum Gasteiger partial charge on any atom is -0.472 e. The van der Waals surface area contributed by atoms with E-state index in [1.165, 1.54) is 6.92 Å².